The molecule has 2 fully saturated rings. The van der Waals surface area contributed by atoms with Gasteiger partial charge in [0.05, 0.1) is 28.3 Å². The van der Waals surface area contributed by atoms with Gasteiger partial charge in [0.15, 0.2) is 0 Å². The van der Waals surface area contributed by atoms with Crippen LogP contribution in [0.15, 0.2) is 5.38 Å². The molecule has 2 N–H and O–H groups in total. The summed E-state index contributed by atoms with van der Waals surface area (Å²) in [5.74, 6) is -0.214. The molecule has 2 atom stereocenters. The van der Waals surface area contributed by atoms with E-state index in [1.807, 2.05) is 24.1 Å². The Morgan fingerprint density at radius 3 is 2.75 bits per heavy atom. The van der Waals surface area contributed by atoms with Gasteiger partial charge >= 0.3 is 0 Å². The van der Waals surface area contributed by atoms with E-state index in [9.17, 15) is 14.7 Å². The molecule has 0 aromatic carbocycles. The van der Waals surface area contributed by atoms with E-state index < -0.39 is 17.2 Å². The third kappa shape index (κ3) is 4.37. The fraction of sp³-hybridized carbons (Fsp3) is 0.737. The number of carbonyl (C=O) groups is 2. The molecule has 3 rings (SSSR count). The minimum atomic E-state index is -0.854. The number of aromatic nitrogens is 1. The van der Waals surface area contributed by atoms with Crippen molar-refractivity contribution < 1.29 is 24.2 Å². The van der Waals surface area contributed by atoms with Crippen LogP contribution in [0.2, 0.25) is 0 Å². The van der Waals surface area contributed by atoms with Crippen molar-refractivity contribution in [1.29, 1.82) is 0 Å². The number of aryl methyl sites for hydroxylation is 1. The summed E-state index contributed by atoms with van der Waals surface area (Å²) >= 11 is 1.54. The Balaban J connectivity index is 1.61. The van der Waals surface area contributed by atoms with E-state index in [2.05, 4.69) is 10.3 Å². The number of hydrogen-bond acceptors (Lipinski definition) is 7. The van der Waals surface area contributed by atoms with Crippen molar-refractivity contribution in [1.82, 2.24) is 15.2 Å². The van der Waals surface area contributed by atoms with Crippen molar-refractivity contribution in [2.24, 2.45) is 0 Å². The molecular formula is C19H29N3O5S. The smallest absolute Gasteiger partial charge is 0.246 e. The van der Waals surface area contributed by atoms with Gasteiger partial charge in [0.2, 0.25) is 11.8 Å². The lowest BCUT2D eigenvalue weighted by atomic mass is 9.73. The van der Waals surface area contributed by atoms with Gasteiger partial charge in [0.25, 0.3) is 0 Å². The van der Waals surface area contributed by atoms with Crippen molar-refractivity contribution in [2.75, 3.05) is 33.4 Å². The van der Waals surface area contributed by atoms with Crippen LogP contribution < -0.4 is 5.32 Å². The van der Waals surface area contributed by atoms with E-state index in [0.717, 1.165) is 10.7 Å². The van der Waals surface area contributed by atoms with Crippen LogP contribution in [0.3, 0.4) is 0 Å². The lowest BCUT2D eigenvalue weighted by molar-refractivity contribution is -0.208. The first-order chi connectivity index (χ1) is 13.3. The van der Waals surface area contributed by atoms with E-state index in [4.69, 9.17) is 9.47 Å². The summed E-state index contributed by atoms with van der Waals surface area (Å²) in [4.78, 5) is 30.8. The molecule has 3 heterocycles. The predicted octanol–water partition coefficient (Wildman–Crippen LogP) is 0.658. The second-order valence-corrected chi connectivity index (χ2v) is 8.94. The number of nitrogens with one attached hydrogen (secondary N) is 1. The van der Waals surface area contributed by atoms with E-state index in [-0.39, 0.29) is 18.4 Å². The Morgan fingerprint density at radius 2 is 2.14 bits per heavy atom. The van der Waals surface area contributed by atoms with Gasteiger partial charge in [-0.15, -0.1) is 11.3 Å². The molecule has 1 spiro atoms. The highest BCUT2D eigenvalue weighted by molar-refractivity contribution is 7.09. The zero-order chi connectivity index (χ0) is 20.4. The standard InChI is InChI=1S/C19H29N3O5S/c1-13-20-14(12-28-13)10-16(24)22-7-4-19(5-8-22)17(25)18(2,6-9-27-19)21-15(23)11-26-3/h12,17,25H,4-11H2,1-3H3,(H,21,23)/t17-,18+/m0/s1. The molecule has 0 bridgehead atoms. The lowest BCUT2D eigenvalue weighted by Gasteiger charge is -2.53. The first-order valence-electron chi connectivity index (χ1n) is 9.59. The third-order valence-electron chi connectivity index (χ3n) is 5.77. The van der Waals surface area contributed by atoms with Crippen molar-refractivity contribution in [3.8, 4) is 0 Å². The number of piperidine rings is 1. The highest BCUT2D eigenvalue weighted by atomic mass is 32.1. The Bertz CT molecular complexity index is 716. The van der Waals surface area contributed by atoms with Gasteiger partial charge in [-0.05, 0) is 33.1 Å². The highest BCUT2D eigenvalue weighted by Crippen LogP contribution is 2.40. The van der Waals surface area contributed by atoms with Crippen LogP contribution >= 0.6 is 11.3 Å². The number of ether oxygens (including phenoxy) is 2. The molecule has 2 aliphatic rings. The number of likely N-dealkylation sites (tertiary alicyclic amines) is 1. The average Bonchev–Trinajstić information content (AvgIpc) is 3.05. The zero-order valence-corrected chi connectivity index (χ0v) is 17.5. The van der Waals surface area contributed by atoms with Crippen LogP contribution in [-0.4, -0.2) is 77.5 Å². The maximum Gasteiger partial charge on any atom is 0.246 e. The lowest BCUT2D eigenvalue weighted by Crippen LogP contribution is -2.69. The fourth-order valence-corrected chi connectivity index (χ4v) is 4.80. The summed E-state index contributed by atoms with van der Waals surface area (Å²) in [6.07, 6.45) is 1.04. The quantitative estimate of drug-likeness (QED) is 0.738. The highest BCUT2D eigenvalue weighted by Gasteiger charge is 2.54. The maximum absolute atomic E-state index is 12.6. The van der Waals surface area contributed by atoms with Crippen LogP contribution in [0.5, 0.6) is 0 Å². The molecule has 1 aromatic rings. The molecule has 156 valence electrons. The summed E-state index contributed by atoms with van der Waals surface area (Å²) < 4.78 is 10.9. The van der Waals surface area contributed by atoms with E-state index in [1.165, 1.54) is 7.11 Å². The fourth-order valence-electron chi connectivity index (χ4n) is 4.19. The number of methoxy groups -OCH3 is 1. The molecular weight excluding hydrogens is 382 g/mol. The second-order valence-electron chi connectivity index (χ2n) is 7.88. The van der Waals surface area contributed by atoms with Gasteiger partial charge in [0.1, 0.15) is 12.7 Å². The first-order valence-corrected chi connectivity index (χ1v) is 10.5. The second kappa shape index (κ2) is 8.44. The van der Waals surface area contributed by atoms with Crippen molar-refractivity contribution in [3.63, 3.8) is 0 Å². The molecule has 0 radical (unpaired) electrons. The number of carbonyl (C=O) groups excluding carboxylic acids is 2. The van der Waals surface area contributed by atoms with Crippen molar-refractivity contribution >= 4 is 23.2 Å². The molecule has 0 saturated carbocycles. The third-order valence-corrected chi connectivity index (χ3v) is 6.60. The SMILES string of the molecule is COCC(=O)N[C@]1(C)CCOC2(CCN(C(=O)Cc3csc(C)n3)CC2)[C@H]1O. The topological polar surface area (TPSA) is 101 Å². The summed E-state index contributed by atoms with van der Waals surface area (Å²) in [5, 5.41) is 16.9. The normalized spacial score (nSPS) is 27.0. The minimum Gasteiger partial charge on any atom is -0.388 e. The molecule has 8 nitrogen and oxygen atoms in total. The van der Waals surface area contributed by atoms with Crippen molar-refractivity contribution in [2.45, 2.75) is 56.8 Å². The summed E-state index contributed by atoms with van der Waals surface area (Å²) in [6.45, 7) is 5.20. The van der Waals surface area contributed by atoms with Crippen LogP contribution in [-0.2, 0) is 25.5 Å². The number of aliphatic hydroxyl groups is 1. The average molecular weight is 412 g/mol. The summed E-state index contributed by atoms with van der Waals surface area (Å²) in [5.41, 5.74) is -0.727. The van der Waals surface area contributed by atoms with E-state index in [0.29, 0.717) is 45.4 Å². The van der Waals surface area contributed by atoms with E-state index in [1.54, 1.807) is 11.3 Å². The predicted molar refractivity (Wildman–Crippen MR) is 104 cm³/mol. The number of nitrogens with zero attached hydrogens (tertiary/aromatic N) is 2. The molecule has 0 aliphatic carbocycles. The zero-order valence-electron chi connectivity index (χ0n) is 16.7. The van der Waals surface area contributed by atoms with Gasteiger partial charge in [-0.2, -0.15) is 0 Å². The van der Waals surface area contributed by atoms with Crippen LogP contribution in [0.1, 0.15) is 36.9 Å². The molecule has 2 amide bonds. The minimum absolute atomic E-state index is 0.0432. The number of rotatable bonds is 5. The van der Waals surface area contributed by atoms with Gasteiger partial charge in [0, 0.05) is 32.2 Å². The van der Waals surface area contributed by atoms with Gasteiger partial charge in [-0.1, -0.05) is 0 Å². The Hall–Kier alpha value is -1.55. The van der Waals surface area contributed by atoms with Crippen LogP contribution in [0.25, 0.3) is 0 Å². The van der Waals surface area contributed by atoms with Crippen LogP contribution in [0.4, 0.5) is 0 Å². The van der Waals surface area contributed by atoms with Gasteiger partial charge < -0.3 is 24.8 Å². The molecule has 28 heavy (non-hydrogen) atoms. The Morgan fingerprint density at radius 1 is 1.43 bits per heavy atom. The molecule has 9 heteroatoms. The van der Waals surface area contributed by atoms with Gasteiger partial charge in [-0.25, -0.2) is 4.98 Å². The summed E-state index contributed by atoms with van der Waals surface area (Å²) in [6, 6.07) is 0. The Labute approximate surface area is 169 Å². The molecule has 2 saturated heterocycles. The molecule has 2 aliphatic heterocycles. The molecule has 1 aromatic heterocycles. The monoisotopic (exact) mass is 411 g/mol. The maximum atomic E-state index is 12.6. The van der Waals surface area contributed by atoms with Gasteiger partial charge in [-0.3, -0.25) is 9.59 Å². The number of amides is 2. The summed E-state index contributed by atoms with van der Waals surface area (Å²) in [7, 11) is 1.46. The number of thiazole rings is 1. The number of aliphatic hydroxyl groups excluding tert-OH is 1. The largest absolute Gasteiger partial charge is 0.388 e. The Kier molecular flexibility index (Phi) is 6.38. The van der Waals surface area contributed by atoms with E-state index >= 15 is 0 Å². The first kappa shape index (κ1) is 21.2. The van der Waals surface area contributed by atoms with Crippen LogP contribution in [0, 0.1) is 6.92 Å². The number of hydrogen-bond donors (Lipinski definition) is 2. The van der Waals surface area contributed by atoms with Crippen molar-refractivity contribution in [3.05, 3.63) is 16.1 Å². The molecule has 0 unspecified atom stereocenters.